The number of thiophene rings is 2. The smallest absolute Gasteiger partial charge is 0.0679 e. The molecule has 108 valence electrons. The first kappa shape index (κ1) is 14.3. The molecule has 0 aromatic carbocycles. The minimum absolute atomic E-state index is 0.399. The van der Waals surface area contributed by atoms with E-state index in [1.807, 2.05) is 22.7 Å². The Morgan fingerprint density at radius 3 is 2.80 bits per heavy atom. The van der Waals surface area contributed by atoms with Crippen molar-refractivity contribution in [2.45, 2.75) is 52.0 Å². The minimum atomic E-state index is 0.399. The first-order chi connectivity index (χ1) is 9.78. The molecule has 2 aromatic heterocycles. The van der Waals surface area contributed by atoms with E-state index < -0.39 is 0 Å². The Morgan fingerprint density at radius 2 is 2.10 bits per heavy atom. The second-order valence-corrected chi connectivity index (χ2v) is 7.97. The third-order valence-corrected chi connectivity index (χ3v) is 6.16. The van der Waals surface area contributed by atoms with Crippen LogP contribution in [0.15, 0.2) is 17.5 Å². The Balaban J connectivity index is 1.90. The van der Waals surface area contributed by atoms with Crippen LogP contribution < -0.4 is 5.32 Å². The average molecular weight is 306 g/mol. The molecule has 1 nitrogen and oxygen atoms in total. The molecule has 1 N–H and O–H groups in total. The van der Waals surface area contributed by atoms with Crippen LogP contribution in [0.2, 0.25) is 0 Å². The van der Waals surface area contributed by atoms with E-state index in [1.165, 1.54) is 47.4 Å². The van der Waals surface area contributed by atoms with Crippen molar-refractivity contribution < 1.29 is 0 Å². The van der Waals surface area contributed by atoms with E-state index in [0.717, 1.165) is 6.54 Å². The van der Waals surface area contributed by atoms with Gasteiger partial charge in [0.25, 0.3) is 0 Å². The molecule has 1 atom stereocenters. The van der Waals surface area contributed by atoms with E-state index in [0.29, 0.717) is 6.04 Å². The van der Waals surface area contributed by atoms with Crippen molar-refractivity contribution >= 4 is 22.7 Å². The van der Waals surface area contributed by atoms with Crippen molar-refractivity contribution in [2.75, 3.05) is 6.54 Å². The van der Waals surface area contributed by atoms with Crippen molar-refractivity contribution in [2.24, 2.45) is 0 Å². The zero-order valence-electron chi connectivity index (χ0n) is 12.4. The first-order valence-electron chi connectivity index (χ1n) is 7.68. The Hall–Kier alpha value is -0.640. The van der Waals surface area contributed by atoms with Crippen molar-refractivity contribution in [1.29, 1.82) is 0 Å². The quantitative estimate of drug-likeness (QED) is 0.811. The maximum absolute atomic E-state index is 3.74. The summed E-state index contributed by atoms with van der Waals surface area (Å²) >= 11 is 3.90. The summed E-state index contributed by atoms with van der Waals surface area (Å²) < 4.78 is 0. The lowest BCUT2D eigenvalue weighted by Crippen LogP contribution is -2.21. The van der Waals surface area contributed by atoms with E-state index in [9.17, 15) is 0 Å². The van der Waals surface area contributed by atoms with Crippen molar-refractivity contribution in [3.05, 3.63) is 43.3 Å². The minimum Gasteiger partial charge on any atom is -0.306 e. The van der Waals surface area contributed by atoms with Crippen LogP contribution in [-0.4, -0.2) is 6.54 Å². The molecule has 2 heterocycles. The van der Waals surface area contributed by atoms with Crippen molar-refractivity contribution in [3.63, 3.8) is 0 Å². The maximum atomic E-state index is 3.74. The summed E-state index contributed by atoms with van der Waals surface area (Å²) in [6, 6.07) is 5.21. The number of rotatable bonds is 5. The van der Waals surface area contributed by atoms with Crippen LogP contribution in [0.1, 0.15) is 58.0 Å². The Kier molecular flexibility index (Phi) is 4.59. The molecule has 1 aliphatic rings. The van der Waals surface area contributed by atoms with Gasteiger partial charge in [-0.25, -0.2) is 0 Å². The van der Waals surface area contributed by atoms with E-state index in [1.54, 1.807) is 10.4 Å². The predicted octanol–water partition coefficient (Wildman–Crippen LogP) is 5.09. The van der Waals surface area contributed by atoms with Gasteiger partial charge in [-0.05, 0) is 74.2 Å². The van der Waals surface area contributed by atoms with Crippen LogP contribution in [0.5, 0.6) is 0 Å². The van der Waals surface area contributed by atoms with Gasteiger partial charge in [-0.3, -0.25) is 0 Å². The van der Waals surface area contributed by atoms with Crippen LogP contribution >= 0.6 is 22.7 Å². The Bertz CT molecular complexity index is 544. The fraction of sp³-hybridized carbons (Fsp3) is 0.529. The second-order valence-electron chi connectivity index (χ2n) is 5.68. The van der Waals surface area contributed by atoms with Crippen molar-refractivity contribution in [3.8, 4) is 0 Å². The van der Waals surface area contributed by atoms with E-state index >= 15 is 0 Å². The van der Waals surface area contributed by atoms with Gasteiger partial charge < -0.3 is 5.32 Å². The van der Waals surface area contributed by atoms with Gasteiger partial charge in [0, 0.05) is 14.6 Å². The Labute approximate surface area is 130 Å². The topological polar surface area (TPSA) is 12.0 Å². The zero-order chi connectivity index (χ0) is 13.9. The molecular weight excluding hydrogens is 282 g/mol. The lowest BCUT2D eigenvalue weighted by atomic mass is 9.98. The van der Waals surface area contributed by atoms with Crippen LogP contribution in [-0.2, 0) is 12.8 Å². The fourth-order valence-electron chi connectivity index (χ4n) is 2.94. The lowest BCUT2D eigenvalue weighted by Gasteiger charge is -2.16. The SMILES string of the molecule is CCCNC(c1csc(C)c1)c1cc2c(s1)CCCC2. The highest BCUT2D eigenvalue weighted by Gasteiger charge is 2.20. The van der Waals surface area contributed by atoms with Gasteiger partial charge in [-0.2, -0.15) is 0 Å². The average Bonchev–Trinajstić information content (AvgIpc) is 3.05. The highest BCUT2D eigenvalue weighted by atomic mass is 32.1. The standard InChI is InChI=1S/C17H23NS2/c1-3-8-18-17(14-9-12(2)19-11-14)16-10-13-6-4-5-7-15(13)20-16/h9-11,17-18H,3-8H2,1-2H3. The zero-order valence-corrected chi connectivity index (χ0v) is 14.0. The number of nitrogens with one attached hydrogen (secondary N) is 1. The molecule has 0 radical (unpaired) electrons. The molecule has 1 unspecified atom stereocenters. The van der Waals surface area contributed by atoms with Gasteiger partial charge in [-0.15, -0.1) is 22.7 Å². The summed E-state index contributed by atoms with van der Waals surface area (Å²) in [6.45, 7) is 5.52. The largest absolute Gasteiger partial charge is 0.306 e. The molecule has 0 aliphatic heterocycles. The van der Waals surface area contributed by atoms with Gasteiger partial charge >= 0.3 is 0 Å². The molecule has 0 bridgehead atoms. The van der Waals surface area contributed by atoms with Crippen molar-refractivity contribution in [1.82, 2.24) is 5.32 Å². The van der Waals surface area contributed by atoms with Crippen LogP contribution in [0.3, 0.4) is 0 Å². The number of fused-ring (bicyclic) bond motifs is 1. The maximum Gasteiger partial charge on any atom is 0.0679 e. The van der Waals surface area contributed by atoms with Gasteiger partial charge in [-0.1, -0.05) is 6.92 Å². The summed E-state index contributed by atoms with van der Waals surface area (Å²) in [5.74, 6) is 0. The van der Waals surface area contributed by atoms with Crippen LogP contribution in [0.4, 0.5) is 0 Å². The molecule has 0 fully saturated rings. The molecule has 0 amide bonds. The summed E-state index contributed by atoms with van der Waals surface area (Å²) in [6.07, 6.45) is 6.51. The number of hydrogen-bond acceptors (Lipinski definition) is 3. The summed E-state index contributed by atoms with van der Waals surface area (Å²) in [7, 11) is 0. The second kappa shape index (κ2) is 6.42. The highest BCUT2D eigenvalue weighted by molar-refractivity contribution is 7.12. The fourth-order valence-corrected chi connectivity index (χ4v) is 5.03. The molecule has 20 heavy (non-hydrogen) atoms. The molecule has 3 heteroatoms. The van der Waals surface area contributed by atoms with Gasteiger partial charge in [0.15, 0.2) is 0 Å². The summed E-state index contributed by atoms with van der Waals surface area (Å²) in [4.78, 5) is 4.56. The molecule has 0 spiro atoms. The van der Waals surface area contributed by atoms with Crippen LogP contribution in [0, 0.1) is 6.92 Å². The Morgan fingerprint density at radius 1 is 1.25 bits per heavy atom. The molecule has 0 saturated heterocycles. The normalized spacial score (nSPS) is 16.1. The summed E-state index contributed by atoms with van der Waals surface area (Å²) in [5.41, 5.74) is 3.06. The molecule has 1 aliphatic carbocycles. The predicted molar refractivity (Wildman–Crippen MR) is 90.2 cm³/mol. The molecule has 0 saturated carbocycles. The van der Waals surface area contributed by atoms with Gasteiger partial charge in [0.1, 0.15) is 0 Å². The molecule has 3 rings (SSSR count). The third kappa shape index (κ3) is 3.00. The first-order valence-corrected chi connectivity index (χ1v) is 9.37. The number of hydrogen-bond donors (Lipinski definition) is 1. The molecule has 2 aromatic rings. The van der Waals surface area contributed by atoms with Crippen LogP contribution in [0.25, 0.3) is 0 Å². The van der Waals surface area contributed by atoms with E-state index in [2.05, 4.69) is 36.7 Å². The highest BCUT2D eigenvalue weighted by Crippen LogP contribution is 2.36. The van der Waals surface area contributed by atoms with E-state index in [-0.39, 0.29) is 0 Å². The lowest BCUT2D eigenvalue weighted by molar-refractivity contribution is 0.606. The summed E-state index contributed by atoms with van der Waals surface area (Å²) in [5, 5.41) is 6.06. The van der Waals surface area contributed by atoms with Gasteiger partial charge in [0.05, 0.1) is 6.04 Å². The van der Waals surface area contributed by atoms with Gasteiger partial charge in [0.2, 0.25) is 0 Å². The monoisotopic (exact) mass is 305 g/mol. The van der Waals surface area contributed by atoms with E-state index in [4.69, 9.17) is 0 Å². The third-order valence-electron chi connectivity index (χ3n) is 3.98. The number of aryl methyl sites for hydroxylation is 3. The molecular formula is C17H23NS2.